The summed E-state index contributed by atoms with van der Waals surface area (Å²) in [4.78, 5) is 9.04. The number of hydrogen-bond donors (Lipinski definition) is 1. The maximum absolute atomic E-state index is 5.03. The van der Waals surface area contributed by atoms with Crippen LogP contribution in [-0.4, -0.2) is 38.3 Å². The van der Waals surface area contributed by atoms with Gasteiger partial charge in [0.1, 0.15) is 6.73 Å². The van der Waals surface area contributed by atoms with Crippen LogP contribution in [0.5, 0.6) is 0 Å². The Bertz CT molecular complexity index is 303. The molecule has 0 bridgehead atoms. The molecule has 0 saturated heterocycles. The lowest BCUT2D eigenvalue weighted by Crippen LogP contribution is -2.34. The second-order valence-corrected chi connectivity index (χ2v) is 4.76. The van der Waals surface area contributed by atoms with E-state index in [0.717, 1.165) is 19.6 Å². The zero-order chi connectivity index (χ0) is 12.0. The molecule has 5 heteroatoms. The summed E-state index contributed by atoms with van der Waals surface area (Å²) in [5.41, 5.74) is 1.35. The van der Waals surface area contributed by atoms with Crippen LogP contribution in [0.3, 0.4) is 0 Å². The van der Waals surface area contributed by atoms with Gasteiger partial charge in [-0.3, -0.25) is 9.74 Å². The van der Waals surface area contributed by atoms with Crippen molar-refractivity contribution in [3.63, 3.8) is 0 Å². The summed E-state index contributed by atoms with van der Waals surface area (Å²) in [6.07, 6.45) is 0. The van der Waals surface area contributed by atoms with Crippen LogP contribution in [0, 0.1) is 6.92 Å². The SMILES string of the molecule is CCN(CCN(C)CON)c1sccc1C. The molecule has 0 aliphatic rings. The zero-order valence-electron chi connectivity index (χ0n) is 10.3. The van der Waals surface area contributed by atoms with E-state index in [9.17, 15) is 0 Å². The van der Waals surface area contributed by atoms with Crippen molar-refractivity contribution in [2.24, 2.45) is 5.90 Å². The number of anilines is 1. The summed E-state index contributed by atoms with van der Waals surface area (Å²) >= 11 is 1.80. The van der Waals surface area contributed by atoms with E-state index in [-0.39, 0.29) is 0 Å². The first-order valence-corrected chi connectivity index (χ1v) is 6.36. The highest BCUT2D eigenvalue weighted by Gasteiger charge is 2.09. The Balaban J connectivity index is 2.47. The van der Waals surface area contributed by atoms with Crippen LogP contribution in [0.25, 0.3) is 0 Å². The quantitative estimate of drug-likeness (QED) is 0.584. The maximum Gasteiger partial charge on any atom is 0.120 e. The fourth-order valence-corrected chi connectivity index (χ4v) is 2.60. The monoisotopic (exact) mass is 243 g/mol. The van der Waals surface area contributed by atoms with Crippen molar-refractivity contribution >= 4 is 16.3 Å². The van der Waals surface area contributed by atoms with Crippen molar-refractivity contribution in [3.05, 3.63) is 17.0 Å². The molecule has 0 aliphatic heterocycles. The number of aryl methyl sites for hydroxylation is 1. The Morgan fingerprint density at radius 1 is 1.44 bits per heavy atom. The third-order valence-corrected chi connectivity index (χ3v) is 3.63. The highest BCUT2D eigenvalue weighted by atomic mass is 32.1. The minimum Gasteiger partial charge on any atom is -0.362 e. The minimum atomic E-state index is 0.473. The average molecular weight is 243 g/mol. The molecule has 2 N–H and O–H groups in total. The molecule has 0 spiro atoms. The first kappa shape index (κ1) is 13.4. The average Bonchev–Trinajstić information content (AvgIpc) is 2.66. The van der Waals surface area contributed by atoms with Crippen LogP contribution in [0.4, 0.5) is 5.00 Å². The largest absolute Gasteiger partial charge is 0.362 e. The lowest BCUT2D eigenvalue weighted by Gasteiger charge is -2.25. The number of hydrogen-bond acceptors (Lipinski definition) is 5. The van der Waals surface area contributed by atoms with E-state index in [0.29, 0.717) is 6.73 Å². The Kier molecular flexibility index (Phi) is 5.76. The molecule has 0 amide bonds. The topological polar surface area (TPSA) is 41.7 Å². The van der Waals surface area contributed by atoms with E-state index in [2.05, 4.69) is 39.9 Å². The van der Waals surface area contributed by atoms with Crippen molar-refractivity contribution in [3.8, 4) is 0 Å². The van der Waals surface area contributed by atoms with Gasteiger partial charge < -0.3 is 4.90 Å². The van der Waals surface area contributed by atoms with Crippen molar-refractivity contribution in [1.29, 1.82) is 0 Å². The molecule has 1 heterocycles. The lowest BCUT2D eigenvalue weighted by atomic mass is 10.3. The summed E-state index contributed by atoms with van der Waals surface area (Å²) in [6, 6.07) is 2.16. The molecular weight excluding hydrogens is 222 g/mol. The van der Waals surface area contributed by atoms with E-state index in [1.54, 1.807) is 11.3 Å². The molecule has 92 valence electrons. The Morgan fingerprint density at radius 3 is 2.69 bits per heavy atom. The van der Waals surface area contributed by atoms with Gasteiger partial charge in [0, 0.05) is 19.6 Å². The predicted molar refractivity (Wildman–Crippen MR) is 69.7 cm³/mol. The molecule has 1 aromatic rings. The first-order chi connectivity index (χ1) is 7.69. The van der Waals surface area contributed by atoms with Gasteiger partial charge in [0.15, 0.2) is 0 Å². The summed E-state index contributed by atoms with van der Waals surface area (Å²) in [5.74, 6) is 5.03. The standard InChI is InChI=1S/C11H21N3OS/c1-4-14(7-6-13(3)9-15-12)11-10(2)5-8-16-11/h5,8H,4,6-7,9,12H2,1-3H3. The molecular formula is C11H21N3OS. The maximum atomic E-state index is 5.03. The highest BCUT2D eigenvalue weighted by molar-refractivity contribution is 7.14. The van der Waals surface area contributed by atoms with Gasteiger partial charge in [0.25, 0.3) is 0 Å². The predicted octanol–water partition coefficient (Wildman–Crippen LogP) is 1.66. The molecule has 1 aromatic heterocycles. The van der Waals surface area contributed by atoms with Gasteiger partial charge >= 0.3 is 0 Å². The number of likely N-dealkylation sites (N-methyl/N-ethyl adjacent to an activating group) is 2. The van der Waals surface area contributed by atoms with E-state index in [1.165, 1.54) is 10.6 Å². The van der Waals surface area contributed by atoms with E-state index < -0.39 is 0 Å². The number of rotatable bonds is 7. The van der Waals surface area contributed by atoms with Gasteiger partial charge in [-0.05, 0) is 37.9 Å². The zero-order valence-corrected chi connectivity index (χ0v) is 11.1. The molecule has 1 rings (SSSR count). The minimum absolute atomic E-state index is 0.473. The number of thiophene rings is 1. The van der Waals surface area contributed by atoms with E-state index >= 15 is 0 Å². The molecule has 0 aromatic carbocycles. The summed E-state index contributed by atoms with van der Waals surface area (Å²) in [5, 5.41) is 3.50. The van der Waals surface area contributed by atoms with Gasteiger partial charge in [0.05, 0.1) is 5.00 Å². The van der Waals surface area contributed by atoms with Crippen LogP contribution in [0.1, 0.15) is 12.5 Å². The van der Waals surface area contributed by atoms with Gasteiger partial charge in [-0.25, -0.2) is 5.90 Å². The molecule has 0 aliphatic carbocycles. The summed E-state index contributed by atoms with van der Waals surface area (Å²) in [6.45, 7) is 7.78. The van der Waals surface area contributed by atoms with E-state index in [1.807, 2.05) is 7.05 Å². The lowest BCUT2D eigenvalue weighted by molar-refractivity contribution is 0.0443. The fourth-order valence-electron chi connectivity index (χ4n) is 1.58. The Labute approximate surface area is 102 Å². The molecule has 0 radical (unpaired) electrons. The molecule has 0 atom stereocenters. The van der Waals surface area contributed by atoms with Gasteiger partial charge in [0.2, 0.25) is 0 Å². The van der Waals surface area contributed by atoms with Gasteiger partial charge in [-0.1, -0.05) is 0 Å². The van der Waals surface area contributed by atoms with Crippen molar-refractivity contribution in [2.75, 3.05) is 38.3 Å². The third kappa shape index (κ3) is 3.75. The Morgan fingerprint density at radius 2 is 2.19 bits per heavy atom. The summed E-state index contributed by atoms with van der Waals surface area (Å²) < 4.78 is 0. The van der Waals surface area contributed by atoms with Crippen LogP contribution in [0.2, 0.25) is 0 Å². The third-order valence-electron chi connectivity index (χ3n) is 2.55. The number of nitrogens with zero attached hydrogens (tertiary/aromatic N) is 2. The van der Waals surface area contributed by atoms with Crippen LogP contribution >= 0.6 is 11.3 Å². The van der Waals surface area contributed by atoms with Crippen LogP contribution in [0.15, 0.2) is 11.4 Å². The molecule has 16 heavy (non-hydrogen) atoms. The van der Waals surface area contributed by atoms with Crippen LogP contribution < -0.4 is 10.8 Å². The molecule has 4 nitrogen and oxygen atoms in total. The molecule has 0 unspecified atom stereocenters. The van der Waals surface area contributed by atoms with Crippen molar-refractivity contribution in [2.45, 2.75) is 13.8 Å². The summed E-state index contributed by atoms with van der Waals surface area (Å²) in [7, 11) is 2.00. The molecule has 0 saturated carbocycles. The van der Waals surface area contributed by atoms with E-state index in [4.69, 9.17) is 5.90 Å². The number of nitrogens with two attached hydrogens (primary N) is 1. The first-order valence-electron chi connectivity index (χ1n) is 5.48. The van der Waals surface area contributed by atoms with Gasteiger partial charge in [-0.15, -0.1) is 11.3 Å². The van der Waals surface area contributed by atoms with Crippen molar-refractivity contribution in [1.82, 2.24) is 4.90 Å². The van der Waals surface area contributed by atoms with Crippen molar-refractivity contribution < 1.29 is 4.84 Å². The highest BCUT2D eigenvalue weighted by Crippen LogP contribution is 2.26. The second kappa shape index (κ2) is 6.85. The fraction of sp³-hybridized carbons (Fsp3) is 0.636. The smallest absolute Gasteiger partial charge is 0.120 e. The van der Waals surface area contributed by atoms with Gasteiger partial charge in [-0.2, -0.15) is 0 Å². The second-order valence-electron chi connectivity index (χ2n) is 3.86. The Hall–Kier alpha value is -0.620. The normalized spacial score (nSPS) is 11.1. The van der Waals surface area contributed by atoms with Crippen LogP contribution in [-0.2, 0) is 4.84 Å². The molecule has 0 fully saturated rings.